The van der Waals surface area contributed by atoms with E-state index in [9.17, 15) is 0 Å². The molecule has 1 heterocycles. The first-order chi connectivity index (χ1) is 6.20. The molecule has 1 aliphatic heterocycles. The van der Waals surface area contributed by atoms with E-state index in [0.29, 0.717) is 0 Å². The van der Waals surface area contributed by atoms with E-state index in [0.717, 1.165) is 5.70 Å². The first-order valence-corrected chi connectivity index (χ1v) is 5.79. The molecule has 1 rings (SSSR count). The van der Waals surface area contributed by atoms with Gasteiger partial charge in [0, 0.05) is 36.0 Å². The maximum Gasteiger partial charge on any atom is 0.0266 e. The van der Waals surface area contributed by atoms with Crippen LogP contribution in [0.2, 0.25) is 0 Å². The summed E-state index contributed by atoms with van der Waals surface area (Å²) < 4.78 is 0. The lowest BCUT2D eigenvalue weighted by atomic mass is 10.3. The minimum absolute atomic E-state index is 0.866. The number of nitrogens with two attached hydrogens (primary N) is 1. The second-order valence-electron chi connectivity index (χ2n) is 3.32. The van der Waals surface area contributed by atoms with E-state index in [1.165, 1.54) is 30.3 Å². The van der Waals surface area contributed by atoms with Gasteiger partial charge in [-0.2, -0.15) is 11.8 Å². The topological polar surface area (TPSA) is 29.3 Å². The quantitative estimate of drug-likeness (QED) is 0.686. The molecule has 1 aliphatic rings. The predicted molar refractivity (Wildman–Crippen MR) is 60.6 cm³/mol. The summed E-state index contributed by atoms with van der Waals surface area (Å²) in [6.45, 7) is 6.40. The highest BCUT2D eigenvalue weighted by molar-refractivity contribution is 7.99. The Kier molecular flexibility index (Phi) is 4.22. The summed E-state index contributed by atoms with van der Waals surface area (Å²) in [6, 6.07) is 0. The molecule has 2 N–H and O–H groups in total. The molecule has 0 radical (unpaired) electrons. The van der Waals surface area contributed by atoms with E-state index in [-0.39, 0.29) is 0 Å². The minimum Gasteiger partial charge on any atom is -0.402 e. The molecule has 0 aromatic carbocycles. The number of nitrogens with zero attached hydrogens (tertiary/aromatic N) is 1. The van der Waals surface area contributed by atoms with Crippen LogP contribution in [-0.4, -0.2) is 29.5 Å². The van der Waals surface area contributed by atoms with Crippen molar-refractivity contribution in [2.75, 3.05) is 24.6 Å². The van der Waals surface area contributed by atoms with Crippen LogP contribution in [0.4, 0.5) is 0 Å². The largest absolute Gasteiger partial charge is 0.402 e. The van der Waals surface area contributed by atoms with E-state index < -0.39 is 0 Å². The van der Waals surface area contributed by atoms with Crippen LogP contribution >= 0.6 is 11.8 Å². The Morgan fingerprint density at radius 1 is 1.23 bits per heavy atom. The van der Waals surface area contributed by atoms with Gasteiger partial charge in [-0.1, -0.05) is 0 Å². The van der Waals surface area contributed by atoms with Gasteiger partial charge in [-0.3, -0.25) is 0 Å². The zero-order chi connectivity index (χ0) is 9.68. The normalized spacial score (nSPS) is 20.6. The van der Waals surface area contributed by atoms with Crippen molar-refractivity contribution in [2.45, 2.75) is 13.8 Å². The van der Waals surface area contributed by atoms with Gasteiger partial charge in [0.15, 0.2) is 0 Å². The molecule has 0 spiro atoms. The van der Waals surface area contributed by atoms with Gasteiger partial charge in [-0.25, -0.2) is 0 Å². The minimum atomic E-state index is 0.866. The molecule has 13 heavy (non-hydrogen) atoms. The first kappa shape index (κ1) is 10.5. The fraction of sp³-hybridized carbons (Fsp3) is 0.600. The Bertz CT molecular complexity index is 211. The van der Waals surface area contributed by atoms with Gasteiger partial charge in [0.25, 0.3) is 0 Å². The maximum absolute atomic E-state index is 5.56. The fourth-order valence-electron chi connectivity index (χ4n) is 1.27. The molecule has 0 bridgehead atoms. The molecule has 74 valence electrons. The van der Waals surface area contributed by atoms with Crippen LogP contribution in [-0.2, 0) is 0 Å². The highest BCUT2D eigenvalue weighted by atomic mass is 32.2. The van der Waals surface area contributed by atoms with Gasteiger partial charge in [0.1, 0.15) is 0 Å². The molecule has 0 aromatic heterocycles. The average molecular weight is 198 g/mol. The zero-order valence-electron chi connectivity index (χ0n) is 8.42. The molecule has 0 amide bonds. The molecule has 1 fully saturated rings. The summed E-state index contributed by atoms with van der Waals surface area (Å²) in [7, 11) is 0. The van der Waals surface area contributed by atoms with Crippen molar-refractivity contribution >= 4 is 11.8 Å². The third-order valence-corrected chi connectivity index (χ3v) is 3.04. The maximum atomic E-state index is 5.56. The van der Waals surface area contributed by atoms with Crippen molar-refractivity contribution < 1.29 is 0 Å². The highest BCUT2D eigenvalue weighted by Crippen LogP contribution is 2.13. The Hall–Kier alpha value is -0.570. The van der Waals surface area contributed by atoms with Crippen LogP contribution in [0.1, 0.15) is 13.8 Å². The van der Waals surface area contributed by atoms with Crippen LogP contribution < -0.4 is 5.73 Å². The van der Waals surface area contributed by atoms with E-state index in [2.05, 4.69) is 17.9 Å². The average Bonchev–Trinajstić information content (AvgIpc) is 2.15. The van der Waals surface area contributed by atoms with Crippen LogP contribution in [0.25, 0.3) is 0 Å². The second-order valence-corrected chi connectivity index (χ2v) is 4.54. The van der Waals surface area contributed by atoms with E-state index in [1.54, 1.807) is 0 Å². The van der Waals surface area contributed by atoms with Gasteiger partial charge in [-0.15, -0.1) is 0 Å². The predicted octanol–water partition coefficient (Wildman–Crippen LogP) is 1.80. The van der Waals surface area contributed by atoms with Gasteiger partial charge in [0.05, 0.1) is 0 Å². The lowest BCUT2D eigenvalue weighted by Gasteiger charge is -2.28. The Morgan fingerprint density at radius 2 is 1.85 bits per heavy atom. The van der Waals surface area contributed by atoms with Crippen molar-refractivity contribution in [3.05, 3.63) is 23.5 Å². The molecule has 0 aromatic rings. The van der Waals surface area contributed by atoms with Crippen LogP contribution in [0.15, 0.2) is 23.5 Å². The monoisotopic (exact) mass is 198 g/mol. The van der Waals surface area contributed by atoms with E-state index >= 15 is 0 Å². The number of hydrogen-bond acceptors (Lipinski definition) is 3. The Morgan fingerprint density at radius 3 is 2.38 bits per heavy atom. The molecule has 1 saturated heterocycles. The number of allylic oxidation sites excluding steroid dienone is 4. The Labute approximate surface area is 84.9 Å². The summed E-state index contributed by atoms with van der Waals surface area (Å²) in [5.41, 5.74) is 7.75. The molecule has 0 aliphatic carbocycles. The molecule has 0 unspecified atom stereocenters. The summed E-state index contributed by atoms with van der Waals surface area (Å²) in [5, 5.41) is 0. The van der Waals surface area contributed by atoms with Crippen molar-refractivity contribution in [3.63, 3.8) is 0 Å². The highest BCUT2D eigenvalue weighted by Gasteiger charge is 2.09. The van der Waals surface area contributed by atoms with Gasteiger partial charge < -0.3 is 10.6 Å². The van der Waals surface area contributed by atoms with Crippen molar-refractivity contribution in [2.24, 2.45) is 5.73 Å². The van der Waals surface area contributed by atoms with Crippen LogP contribution in [0.3, 0.4) is 0 Å². The van der Waals surface area contributed by atoms with Gasteiger partial charge in [-0.05, 0) is 26.0 Å². The molecular formula is C10H18N2S. The first-order valence-electron chi connectivity index (χ1n) is 4.63. The molecule has 2 nitrogen and oxygen atoms in total. The molecule has 0 atom stereocenters. The lowest BCUT2D eigenvalue weighted by Crippen LogP contribution is -2.30. The lowest BCUT2D eigenvalue weighted by molar-refractivity contribution is 0.382. The fourth-order valence-corrected chi connectivity index (χ4v) is 2.18. The zero-order valence-corrected chi connectivity index (χ0v) is 9.23. The third-order valence-electron chi connectivity index (χ3n) is 2.10. The Balaban J connectivity index is 2.49. The number of rotatable bonds is 2. The number of thioether (sulfide) groups is 1. The van der Waals surface area contributed by atoms with Gasteiger partial charge in [0.2, 0.25) is 0 Å². The van der Waals surface area contributed by atoms with Crippen molar-refractivity contribution in [3.8, 4) is 0 Å². The summed E-state index contributed by atoms with van der Waals surface area (Å²) in [4.78, 5) is 2.41. The molecule has 0 saturated carbocycles. The van der Waals surface area contributed by atoms with E-state index in [4.69, 9.17) is 5.73 Å². The third kappa shape index (κ3) is 3.77. The standard InChI is InChI=1S/C10H18N2S/c1-9(11)3-4-10(2)12-5-7-13-8-6-12/h3-4H,5-8,11H2,1-2H3/b9-3+,10-4+. The summed E-state index contributed by atoms with van der Waals surface area (Å²) >= 11 is 2.03. The SMILES string of the molecule is C/C(N)=C\C=C(/C)N1CCSCC1. The number of hydrogen-bond donors (Lipinski definition) is 1. The van der Waals surface area contributed by atoms with Crippen LogP contribution in [0.5, 0.6) is 0 Å². The smallest absolute Gasteiger partial charge is 0.0266 e. The molecular weight excluding hydrogens is 180 g/mol. The summed E-state index contributed by atoms with van der Waals surface area (Å²) in [5.74, 6) is 2.49. The van der Waals surface area contributed by atoms with Crippen molar-refractivity contribution in [1.82, 2.24) is 4.90 Å². The van der Waals surface area contributed by atoms with E-state index in [1.807, 2.05) is 24.8 Å². The summed E-state index contributed by atoms with van der Waals surface area (Å²) in [6.07, 6.45) is 4.07. The second kappa shape index (κ2) is 5.22. The molecule has 3 heteroatoms. The van der Waals surface area contributed by atoms with Crippen molar-refractivity contribution in [1.29, 1.82) is 0 Å². The van der Waals surface area contributed by atoms with Crippen LogP contribution in [0, 0.1) is 0 Å². The van der Waals surface area contributed by atoms with Gasteiger partial charge >= 0.3 is 0 Å².